The summed E-state index contributed by atoms with van der Waals surface area (Å²) in [7, 11) is 3.69. The molecule has 1 aromatic heterocycles. The van der Waals surface area contributed by atoms with Crippen molar-refractivity contribution in [3.05, 3.63) is 41.5 Å². The third-order valence-electron chi connectivity index (χ3n) is 6.41. The zero-order chi connectivity index (χ0) is 22.9. The van der Waals surface area contributed by atoms with E-state index in [-0.39, 0.29) is 24.0 Å². The molecule has 184 valence electrons. The summed E-state index contributed by atoms with van der Waals surface area (Å²) in [4.78, 5) is 9.86. The van der Waals surface area contributed by atoms with Crippen LogP contribution in [0.4, 0.5) is 0 Å². The normalized spacial score (nSPS) is 16.2. The lowest BCUT2D eigenvalue weighted by Crippen LogP contribution is -2.41. The van der Waals surface area contributed by atoms with Crippen molar-refractivity contribution in [1.82, 2.24) is 29.9 Å². The molecular weight excluding hydrogens is 529 g/mol. The van der Waals surface area contributed by atoms with Crippen LogP contribution in [-0.2, 0) is 20.0 Å². The molecule has 9 heteroatoms. The van der Waals surface area contributed by atoms with Gasteiger partial charge in [-0.3, -0.25) is 0 Å². The predicted molar refractivity (Wildman–Crippen MR) is 144 cm³/mol. The number of aromatic nitrogens is 3. The maximum Gasteiger partial charge on any atom is 0.194 e. The zero-order valence-electron chi connectivity index (χ0n) is 20.8. The van der Waals surface area contributed by atoms with E-state index in [0.29, 0.717) is 12.5 Å². The number of halogens is 1. The van der Waals surface area contributed by atoms with Crippen molar-refractivity contribution in [3.8, 4) is 5.75 Å². The molecule has 1 unspecified atom stereocenters. The van der Waals surface area contributed by atoms with E-state index < -0.39 is 0 Å². The van der Waals surface area contributed by atoms with E-state index in [1.54, 1.807) is 7.11 Å². The van der Waals surface area contributed by atoms with Gasteiger partial charge in [0.1, 0.15) is 18.1 Å². The van der Waals surface area contributed by atoms with Crippen molar-refractivity contribution in [2.75, 3.05) is 46.4 Å². The third kappa shape index (κ3) is 7.84. The standard InChI is InChI=1S/C24H39N7O.HI/c1-6-30(7-2)17-21-13-15-31(18-21)24(26-16-23-28-27-19(3)29(23)4)25-14-12-20-8-10-22(32-5)11-9-20;/h8-11,21H,6-7,12-18H2,1-5H3,(H,25,26);1H. The van der Waals surface area contributed by atoms with Crippen LogP contribution in [0, 0.1) is 12.8 Å². The molecule has 1 fully saturated rings. The first-order valence-electron chi connectivity index (χ1n) is 11.8. The summed E-state index contributed by atoms with van der Waals surface area (Å²) < 4.78 is 7.27. The van der Waals surface area contributed by atoms with Gasteiger partial charge in [0, 0.05) is 33.2 Å². The van der Waals surface area contributed by atoms with Gasteiger partial charge in [0.15, 0.2) is 11.8 Å². The van der Waals surface area contributed by atoms with Crippen LogP contribution >= 0.6 is 24.0 Å². The minimum absolute atomic E-state index is 0. The lowest BCUT2D eigenvalue weighted by molar-refractivity contribution is 0.255. The van der Waals surface area contributed by atoms with Crippen LogP contribution in [0.5, 0.6) is 5.75 Å². The molecule has 1 aliphatic rings. The molecule has 8 nitrogen and oxygen atoms in total. The molecule has 3 rings (SSSR count). The highest BCUT2D eigenvalue weighted by Gasteiger charge is 2.26. The molecule has 1 saturated heterocycles. The molecule has 0 bridgehead atoms. The molecule has 2 heterocycles. The Morgan fingerprint density at radius 3 is 2.55 bits per heavy atom. The molecule has 1 aromatic carbocycles. The van der Waals surface area contributed by atoms with Crippen molar-refractivity contribution in [2.45, 2.75) is 40.2 Å². The summed E-state index contributed by atoms with van der Waals surface area (Å²) in [5.74, 6) is 4.33. The number of hydrogen-bond donors (Lipinski definition) is 1. The Morgan fingerprint density at radius 2 is 1.94 bits per heavy atom. The SMILES string of the molecule is CCN(CC)CC1CCN(C(=NCc2nnc(C)n2C)NCCc2ccc(OC)cc2)C1.I. The van der Waals surface area contributed by atoms with Crippen molar-refractivity contribution in [1.29, 1.82) is 0 Å². The molecule has 0 saturated carbocycles. The van der Waals surface area contributed by atoms with Crippen LogP contribution in [0.1, 0.15) is 37.5 Å². The quantitative estimate of drug-likeness (QED) is 0.270. The first-order chi connectivity index (χ1) is 15.5. The van der Waals surface area contributed by atoms with E-state index >= 15 is 0 Å². The topological polar surface area (TPSA) is 70.8 Å². The number of hydrogen-bond acceptors (Lipinski definition) is 5. The van der Waals surface area contributed by atoms with Gasteiger partial charge >= 0.3 is 0 Å². The highest BCUT2D eigenvalue weighted by Crippen LogP contribution is 2.18. The highest BCUT2D eigenvalue weighted by molar-refractivity contribution is 14.0. The Hall–Kier alpha value is -1.88. The lowest BCUT2D eigenvalue weighted by Gasteiger charge is -2.24. The molecule has 2 aromatic rings. The van der Waals surface area contributed by atoms with Crippen molar-refractivity contribution >= 4 is 29.9 Å². The summed E-state index contributed by atoms with van der Waals surface area (Å²) in [6.45, 7) is 13.3. The second kappa shape index (κ2) is 13.7. The van der Waals surface area contributed by atoms with Crippen LogP contribution in [0.25, 0.3) is 0 Å². The summed E-state index contributed by atoms with van der Waals surface area (Å²) in [6, 6.07) is 8.27. The van der Waals surface area contributed by atoms with E-state index in [1.807, 2.05) is 30.7 Å². The highest BCUT2D eigenvalue weighted by atomic mass is 127. The lowest BCUT2D eigenvalue weighted by atomic mass is 10.1. The molecular formula is C24H40IN7O. The van der Waals surface area contributed by atoms with Crippen molar-refractivity contribution in [2.24, 2.45) is 18.0 Å². The third-order valence-corrected chi connectivity index (χ3v) is 6.41. The van der Waals surface area contributed by atoms with Gasteiger partial charge in [-0.25, -0.2) is 4.99 Å². The molecule has 0 amide bonds. The van der Waals surface area contributed by atoms with E-state index in [2.05, 4.69) is 51.3 Å². The summed E-state index contributed by atoms with van der Waals surface area (Å²) in [6.07, 6.45) is 2.14. The summed E-state index contributed by atoms with van der Waals surface area (Å²) in [5, 5.41) is 12.1. The van der Waals surface area contributed by atoms with Crippen LogP contribution in [-0.4, -0.2) is 76.9 Å². The van der Waals surface area contributed by atoms with E-state index in [4.69, 9.17) is 9.73 Å². The molecule has 0 aliphatic carbocycles. The number of aliphatic imine (C=N–C) groups is 1. The number of nitrogens with one attached hydrogen (secondary N) is 1. The first-order valence-corrected chi connectivity index (χ1v) is 11.8. The Balaban J connectivity index is 0.00000385. The maximum atomic E-state index is 5.26. The number of benzene rings is 1. The van der Waals surface area contributed by atoms with Gasteiger partial charge in [-0.2, -0.15) is 0 Å². The Labute approximate surface area is 215 Å². The van der Waals surface area contributed by atoms with Crippen LogP contribution in [0.15, 0.2) is 29.3 Å². The smallest absolute Gasteiger partial charge is 0.194 e. The number of ether oxygens (including phenoxy) is 1. The predicted octanol–water partition coefficient (Wildman–Crippen LogP) is 3.10. The van der Waals surface area contributed by atoms with Gasteiger partial charge in [0.25, 0.3) is 0 Å². The molecule has 1 atom stereocenters. The second-order valence-corrected chi connectivity index (χ2v) is 8.47. The number of nitrogens with zero attached hydrogens (tertiary/aromatic N) is 6. The number of guanidine groups is 1. The van der Waals surface area contributed by atoms with Crippen LogP contribution < -0.4 is 10.1 Å². The Bertz CT molecular complexity index is 864. The van der Waals surface area contributed by atoms with E-state index in [0.717, 1.165) is 69.0 Å². The fourth-order valence-electron chi connectivity index (χ4n) is 4.13. The molecule has 1 aliphatic heterocycles. The minimum atomic E-state index is 0. The second-order valence-electron chi connectivity index (χ2n) is 8.47. The molecule has 33 heavy (non-hydrogen) atoms. The van der Waals surface area contributed by atoms with Crippen molar-refractivity contribution in [3.63, 3.8) is 0 Å². The van der Waals surface area contributed by atoms with Crippen LogP contribution in [0.3, 0.4) is 0 Å². The average Bonchev–Trinajstić information content (AvgIpc) is 3.41. The zero-order valence-corrected chi connectivity index (χ0v) is 23.1. The van der Waals surface area contributed by atoms with Gasteiger partial charge < -0.3 is 24.4 Å². The van der Waals surface area contributed by atoms with Gasteiger partial charge in [-0.05, 0) is 56.5 Å². The van der Waals surface area contributed by atoms with Gasteiger partial charge in [-0.1, -0.05) is 26.0 Å². The van der Waals surface area contributed by atoms with Gasteiger partial charge in [0.2, 0.25) is 0 Å². The first kappa shape index (κ1) is 27.4. The monoisotopic (exact) mass is 569 g/mol. The Morgan fingerprint density at radius 1 is 1.21 bits per heavy atom. The van der Waals surface area contributed by atoms with Gasteiger partial charge in [0.05, 0.1) is 7.11 Å². The molecule has 0 radical (unpaired) electrons. The summed E-state index contributed by atoms with van der Waals surface area (Å²) in [5.41, 5.74) is 1.28. The minimum Gasteiger partial charge on any atom is -0.497 e. The van der Waals surface area contributed by atoms with Gasteiger partial charge in [-0.15, -0.1) is 34.2 Å². The maximum absolute atomic E-state index is 5.26. The molecule has 0 spiro atoms. The molecule has 1 N–H and O–H groups in total. The van der Waals surface area contributed by atoms with E-state index in [1.165, 1.54) is 12.0 Å². The fraction of sp³-hybridized carbons (Fsp3) is 0.625. The van der Waals surface area contributed by atoms with Crippen LogP contribution in [0.2, 0.25) is 0 Å². The summed E-state index contributed by atoms with van der Waals surface area (Å²) >= 11 is 0. The number of aryl methyl sites for hydroxylation is 1. The fourth-order valence-corrected chi connectivity index (χ4v) is 4.13. The number of rotatable bonds is 10. The largest absolute Gasteiger partial charge is 0.497 e. The Kier molecular flexibility index (Phi) is 11.4. The van der Waals surface area contributed by atoms with E-state index in [9.17, 15) is 0 Å². The van der Waals surface area contributed by atoms with Crippen molar-refractivity contribution < 1.29 is 4.74 Å². The number of methoxy groups -OCH3 is 1. The average molecular weight is 570 g/mol. The number of likely N-dealkylation sites (tertiary alicyclic amines) is 1.